The Morgan fingerprint density at radius 1 is 0.879 bits per heavy atom. The average Bonchev–Trinajstić information content (AvgIpc) is 3.19. The number of aryl methyl sites for hydroxylation is 1. The van der Waals surface area contributed by atoms with Gasteiger partial charge in [0.25, 0.3) is 0 Å². The molecule has 0 saturated carbocycles. The summed E-state index contributed by atoms with van der Waals surface area (Å²) in [6.07, 6.45) is 10.1. The number of nitrogens with one attached hydrogen (secondary N) is 1. The predicted molar refractivity (Wildman–Crippen MR) is 129 cm³/mol. The van der Waals surface area contributed by atoms with Crippen LogP contribution in [0.1, 0.15) is 43.4 Å². The topological polar surface area (TPSA) is 85.6 Å². The third kappa shape index (κ3) is 5.88. The molecule has 7 nitrogen and oxygen atoms in total. The highest BCUT2D eigenvalue weighted by molar-refractivity contribution is 5.92. The van der Waals surface area contributed by atoms with Crippen molar-refractivity contribution in [2.24, 2.45) is 7.05 Å². The number of anilines is 1. The van der Waals surface area contributed by atoms with Crippen LogP contribution in [0.25, 0.3) is 11.1 Å². The number of hydrogen-bond acceptors (Lipinski definition) is 5. The second-order valence-corrected chi connectivity index (χ2v) is 9.19. The summed E-state index contributed by atoms with van der Waals surface area (Å²) in [5, 5.41) is 7.09. The van der Waals surface area contributed by atoms with Gasteiger partial charge in [0, 0.05) is 48.7 Å². The quantitative estimate of drug-likeness (QED) is 0.482. The monoisotopic (exact) mass is 440 g/mol. The first-order valence-electron chi connectivity index (χ1n) is 10.9. The zero-order valence-electron chi connectivity index (χ0n) is 19.4. The van der Waals surface area contributed by atoms with Gasteiger partial charge in [-0.1, -0.05) is 45.0 Å². The number of benzene rings is 1. The maximum atomic E-state index is 12.4. The Kier molecular flexibility index (Phi) is 6.31. The molecule has 0 spiro atoms. The summed E-state index contributed by atoms with van der Waals surface area (Å²) >= 11 is 0. The fourth-order valence-corrected chi connectivity index (χ4v) is 3.46. The molecular formula is C26H28N6O. The summed E-state index contributed by atoms with van der Waals surface area (Å²) < 4.78 is 1.77. The van der Waals surface area contributed by atoms with Gasteiger partial charge in [-0.2, -0.15) is 5.10 Å². The van der Waals surface area contributed by atoms with Crippen molar-refractivity contribution >= 4 is 11.6 Å². The summed E-state index contributed by atoms with van der Waals surface area (Å²) in [6, 6.07) is 11.7. The first kappa shape index (κ1) is 22.3. The average molecular weight is 441 g/mol. The fraction of sp³-hybridized carbons (Fsp3) is 0.269. The van der Waals surface area contributed by atoms with Crippen LogP contribution in [0.15, 0.2) is 67.4 Å². The number of nitrogens with zero attached hydrogens (tertiary/aromatic N) is 5. The molecule has 1 N–H and O–H groups in total. The van der Waals surface area contributed by atoms with E-state index in [1.54, 1.807) is 10.9 Å². The maximum absolute atomic E-state index is 12.4. The Morgan fingerprint density at radius 3 is 2.18 bits per heavy atom. The molecule has 0 aliphatic rings. The highest BCUT2D eigenvalue weighted by Crippen LogP contribution is 2.21. The summed E-state index contributed by atoms with van der Waals surface area (Å²) in [5.41, 5.74) is 5.63. The van der Waals surface area contributed by atoms with Crippen molar-refractivity contribution in [1.82, 2.24) is 24.7 Å². The molecule has 0 aliphatic carbocycles. The van der Waals surface area contributed by atoms with Crippen LogP contribution in [-0.2, 0) is 30.1 Å². The normalized spacial score (nSPS) is 11.4. The number of hydrogen-bond donors (Lipinski definition) is 1. The maximum Gasteiger partial charge on any atom is 0.228 e. The Balaban J connectivity index is 1.34. The third-order valence-corrected chi connectivity index (χ3v) is 5.29. The minimum Gasteiger partial charge on any atom is -0.324 e. The van der Waals surface area contributed by atoms with Crippen LogP contribution in [0.3, 0.4) is 0 Å². The number of carbonyl (C=O) groups is 1. The van der Waals surface area contributed by atoms with Crippen LogP contribution in [-0.4, -0.2) is 30.6 Å². The van der Waals surface area contributed by atoms with Gasteiger partial charge in [0.2, 0.25) is 5.91 Å². The highest BCUT2D eigenvalue weighted by atomic mass is 16.1. The number of rotatable bonds is 6. The van der Waals surface area contributed by atoms with Gasteiger partial charge in [-0.05, 0) is 28.8 Å². The minimum absolute atomic E-state index is 0.0188. The molecule has 7 heteroatoms. The molecular weight excluding hydrogens is 412 g/mol. The Morgan fingerprint density at radius 2 is 1.61 bits per heavy atom. The molecule has 4 rings (SSSR count). The van der Waals surface area contributed by atoms with Gasteiger partial charge in [-0.25, -0.2) is 9.97 Å². The minimum atomic E-state index is -0.0730. The van der Waals surface area contributed by atoms with E-state index in [9.17, 15) is 4.79 Å². The largest absolute Gasteiger partial charge is 0.324 e. The van der Waals surface area contributed by atoms with E-state index in [2.05, 4.69) is 46.1 Å². The molecule has 1 amide bonds. The van der Waals surface area contributed by atoms with E-state index in [1.807, 2.05) is 68.2 Å². The first-order chi connectivity index (χ1) is 15.8. The molecule has 0 bridgehead atoms. The van der Waals surface area contributed by atoms with E-state index in [0.717, 1.165) is 33.8 Å². The Bertz CT molecular complexity index is 1220. The standard InChI is InChI=1S/C26H28N6O/c1-26(2,3)23-10-9-22(16-27-23)31-25(33)12-18-5-7-20(8-6-18)21-14-28-24(29-15-21)11-19-13-30-32(4)17-19/h5-10,13-17H,11-12H2,1-4H3,(H,31,33). The van der Waals surface area contributed by atoms with Crippen LogP contribution in [0, 0.1) is 0 Å². The molecule has 3 heterocycles. The lowest BCUT2D eigenvalue weighted by Gasteiger charge is -2.17. The van der Waals surface area contributed by atoms with Gasteiger partial charge >= 0.3 is 0 Å². The van der Waals surface area contributed by atoms with E-state index in [-0.39, 0.29) is 11.3 Å². The molecule has 33 heavy (non-hydrogen) atoms. The van der Waals surface area contributed by atoms with E-state index in [4.69, 9.17) is 0 Å². The van der Waals surface area contributed by atoms with Gasteiger partial charge in [0.05, 0.1) is 24.5 Å². The molecule has 0 atom stereocenters. The molecule has 0 aliphatic heterocycles. The van der Waals surface area contributed by atoms with E-state index >= 15 is 0 Å². The SMILES string of the molecule is Cn1cc(Cc2ncc(-c3ccc(CC(=O)Nc4ccc(C(C)(C)C)nc4)cc3)cn2)cn1. The highest BCUT2D eigenvalue weighted by Gasteiger charge is 2.15. The van der Waals surface area contributed by atoms with E-state index < -0.39 is 0 Å². The molecule has 168 valence electrons. The zero-order chi connectivity index (χ0) is 23.4. The van der Waals surface area contributed by atoms with Crippen LogP contribution in [0.4, 0.5) is 5.69 Å². The number of carbonyl (C=O) groups excluding carboxylic acids is 1. The second kappa shape index (κ2) is 9.32. The van der Waals surface area contributed by atoms with Crippen molar-refractivity contribution in [3.05, 3.63) is 90.0 Å². The molecule has 0 fully saturated rings. The molecule has 0 radical (unpaired) electrons. The lowest BCUT2D eigenvalue weighted by molar-refractivity contribution is -0.115. The number of pyridine rings is 1. The number of amides is 1. The molecule has 1 aromatic carbocycles. The second-order valence-electron chi connectivity index (χ2n) is 9.19. The van der Waals surface area contributed by atoms with Gasteiger partial charge < -0.3 is 5.32 Å². The Hall–Kier alpha value is -3.87. The summed E-state index contributed by atoms with van der Waals surface area (Å²) in [6.45, 7) is 6.33. The van der Waals surface area contributed by atoms with Gasteiger partial charge in [-0.3, -0.25) is 14.5 Å². The van der Waals surface area contributed by atoms with E-state index in [0.29, 0.717) is 18.5 Å². The molecule has 3 aromatic heterocycles. The van der Waals surface area contributed by atoms with Crippen LogP contribution in [0.5, 0.6) is 0 Å². The Labute approximate surface area is 193 Å². The third-order valence-electron chi connectivity index (χ3n) is 5.29. The van der Waals surface area contributed by atoms with Gasteiger partial charge in [0.15, 0.2) is 0 Å². The van der Waals surface area contributed by atoms with Crippen molar-refractivity contribution in [1.29, 1.82) is 0 Å². The lowest BCUT2D eigenvalue weighted by atomic mass is 9.92. The fourth-order valence-electron chi connectivity index (χ4n) is 3.46. The van der Waals surface area contributed by atoms with Crippen molar-refractivity contribution < 1.29 is 4.79 Å². The van der Waals surface area contributed by atoms with Crippen LogP contribution in [0.2, 0.25) is 0 Å². The molecule has 4 aromatic rings. The number of aromatic nitrogens is 5. The van der Waals surface area contributed by atoms with Crippen LogP contribution < -0.4 is 5.32 Å². The van der Waals surface area contributed by atoms with Crippen molar-refractivity contribution in [2.75, 3.05) is 5.32 Å². The van der Waals surface area contributed by atoms with E-state index in [1.165, 1.54) is 0 Å². The van der Waals surface area contributed by atoms with Crippen molar-refractivity contribution in [3.63, 3.8) is 0 Å². The smallest absolute Gasteiger partial charge is 0.228 e. The first-order valence-corrected chi connectivity index (χ1v) is 10.9. The van der Waals surface area contributed by atoms with Crippen molar-refractivity contribution in [3.8, 4) is 11.1 Å². The van der Waals surface area contributed by atoms with Crippen LogP contribution >= 0.6 is 0 Å². The lowest BCUT2D eigenvalue weighted by Crippen LogP contribution is -2.16. The molecule has 0 unspecified atom stereocenters. The molecule has 0 saturated heterocycles. The van der Waals surface area contributed by atoms with Gasteiger partial charge in [-0.15, -0.1) is 0 Å². The zero-order valence-corrected chi connectivity index (χ0v) is 19.4. The predicted octanol–water partition coefficient (Wildman–Crippen LogP) is 4.34. The van der Waals surface area contributed by atoms with Gasteiger partial charge in [0.1, 0.15) is 5.82 Å². The summed E-state index contributed by atoms with van der Waals surface area (Å²) in [4.78, 5) is 25.9. The van der Waals surface area contributed by atoms with Crippen molar-refractivity contribution in [2.45, 2.75) is 39.0 Å². The summed E-state index contributed by atoms with van der Waals surface area (Å²) in [5.74, 6) is 0.682. The summed E-state index contributed by atoms with van der Waals surface area (Å²) in [7, 11) is 1.89.